The van der Waals surface area contributed by atoms with Gasteiger partial charge in [0, 0.05) is 24.4 Å². The van der Waals surface area contributed by atoms with E-state index in [0.717, 1.165) is 31.2 Å². The Morgan fingerprint density at radius 1 is 1.05 bits per heavy atom. The highest BCUT2D eigenvalue weighted by Crippen LogP contribution is 2.31. The molecule has 0 bridgehead atoms. The second-order valence-electron chi connectivity index (χ2n) is 6.51. The molecule has 124 valence electrons. The van der Waals surface area contributed by atoms with E-state index in [4.69, 9.17) is 0 Å². The Bertz CT molecular complexity index is 407. The fourth-order valence-corrected chi connectivity index (χ4v) is 2.78. The van der Waals surface area contributed by atoms with Crippen LogP contribution in [0.25, 0.3) is 0 Å². The summed E-state index contributed by atoms with van der Waals surface area (Å²) in [6, 6.07) is 3.90. The lowest BCUT2D eigenvalue weighted by Gasteiger charge is -2.28. The summed E-state index contributed by atoms with van der Waals surface area (Å²) in [6.07, 6.45) is 12.6. The molecule has 3 nitrogen and oxygen atoms in total. The van der Waals surface area contributed by atoms with Crippen molar-refractivity contribution in [3.8, 4) is 0 Å². The van der Waals surface area contributed by atoms with Crippen molar-refractivity contribution in [2.24, 2.45) is 5.41 Å². The summed E-state index contributed by atoms with van der Waals surface area (Å²) in [5.41, 5.74) is 0.880. The molecule has 1 aromatic heterocycles. The van der Waals surface area contributed by atoms with Crippen LogP contribution in [0, 0.1) is 5.41 Å². The highest BCUT2D eigenvalue weighted by atomic mass is 16.2. The van der Waals surface area contributed by atoms with Crippen molar-refractivity contribution in [1.82, 2.24) is 10.3 Å². The Morgan fingerprint density at radius 2 is 1.59 bits per heavy atom. The Hall–Kier alpha value is -1.38. The zero-order chi connectivity index (χ0) is 16.3. The van der Waals surface area contributed by atoms with Gasteiger partial charge in [-0.3, -0.25) is 9.78 Å². The SMILES string of the molecule is CCCCCC(C)(CCCCC)C(=O)NCc1ccncc1. The van der Waals surface area contributed by atoms with Gasteiger partial charge in [0.2, 0.25) is 5.91 Å². The fourth-order valence-electron chi connectivity index (χ4n) is 2.78. The van der Waals surface area contributed by atoms with Crippen LogP contribution >= 0.6 is 0 Å². The number of amides is 1. The van der Waals surface area contributed by atoms with Crippen molar-refractivity contribution < 1.29 is 4.79 Å². The molecule has 0 unspecified atom stereocenters. The predicted octanol–water partition coefficient (Wildman–Crippen LogP) is 4.86. The first-order valence-electron chi connectivity index (χ1n) is 8.79. The molecule has 0 radical (unpaired) electrons. The summed E-state index contributed by atoms with van der Waals surface area (Å²) in [7, 11) is 0. The van der Waals surface area contributed by atoms with Crippen LogP contribution in [0.4, 0.5) is 0 Å². The number of nitrogens with one attached hydrogen (secondary N) is 1. The second kappa shape index (κ2) is 10.4. The van der Waals surface area contributed by atoms with Gasteiger partial charge in [0.05, 0.1) is 0 Å². The summed E-state index contributed by atoms with van der Waals surface area (Å²) < 4.78 is 0. The Kier molecular flexibility index (Phi) is 8.79. The molecular weight excluding hydrogens is 272 g/mol. The van der Waals surface area contributed by atoms with E-state index < -0.39 is 0 Å². The van der Waals surface area contributed by atoms with E-state index >= 15 is 0 Å². The maximum absolute atomic E-state index is 12.7. The lowest BCUT2D eigenvalue weighted by Crippen LogP contribution is -2.38. The summed E-state index contributed by atoms with van der Waals surface area (Å²) in [5.74, 6) is 0.205. The lowest BCUT2D eigenvalue weighted by atomic mass is 9.79. The van der Waals surface area contributed by atoms with Crippen LogP contribution in [-0.2, 0) is 11.3 Å². The van der Waals surface area contributed by atoms with E-state index in [1.165, 1.54) is 25.7 Å². The molecule has 3 heteroatoms. The Labute approximate surface area is 135 Å². The molecule has 0 fully saturated rings. The number of nitrogens with zero attached hydrogens (tertiary/aromatic N) is 1. The third kappa shape index (κ3) is 6.59. The lowest BCUT2D eigenvalue weighted by molar-refractivity contribution is -0.131. The molecule has 0 aliphatic rings. The van der Waals surface area contributed by atoms with Gasteiger partial charge in [-0.05, 0) is 30.5 Å². The predicted molar refractivity (Wildman–Crippen MR) is 92.5 cm³/mol. The maximum atomic E-state index is 12.7. The molecule has 0 saturated carbocycles. The molecule has 1 aromatic rings. The van der Waals surface area contributed by atoms with E-state index in [2.05, 4.69) is 31.1 Å². The van der Waals surface area contributed by atoms with Crippen molar-refractivity contribution in [2.75, 3.05) is 0 Å². The van der Waals surface area contributed by atoms with Gasteiger partial charge in [-0.1, -0.05) is 59.3 Å². The van der Waals surface area contributed by atoms with Crippen LogP contribution in [0.3, 0.4) is 0 Å². The van der Waals surface area contributed by atoms with Gasteiger partial charge in [-0.25, -0.2) is 0 Å². The first-order valence-corrected chi connectivity index (χ1v) is 8.79. The summed E-state index contributed by atoms with van der Waals surface area (Å²) >= 11 is 0. The van der Waals surface area contributed by atoms with Crippen LogP contribution in [0.2, 0.25) is 0 Å². The molecular formula is C19H32N2O. The smallest absolute Gasteiger partial charge is 0.226 e. The zero-order valence-electron chi connectivity index (χ0n) is 14.5. The van der Waals surface area contributed by atoms with Crippen LogP contribution in [-0.4, -0.2) is 10.9 Å². The number of pyridine rings is 1. The van der Waals surface area contributed by atoms with Gasteiger partial charge in [0.1, 0.15) is 0 Å². The molecule has 1 heterocycles. The normalized spacial score (nSPS) is 11.4. The van der Waals surface area contributed by atoms with Crippen LogP contribution in [0.1, 0.15) is 77.7 Å². The molecule has 0 aliphatic heterocycles. The molecule has 1 amide bonds. The standard InChI is InChI=1S/C19H32N2O/c1-4-6-8-12-19(3,13-9-7-5-2)18(22)21-16-17-10-14-20-15-11-17/h10-11,14-15H,4-9,12-13,16H2,1-3H3,(H,21,22). The molecule has 0 saturated heterocycles. The number of unbranched alkanes of at least 4 members (excludes halogenated alkanes) is 4. The van der Waals surface area contributed by atoms with Crippen molar-refractivity contribution in [3.05, 3.63) is 30.1 Å². The molecule has 0 spiro atoms. The molecule has 0 atom stereocenters. The fraction of sp³-hybridized carbons (Fsp3) is 0.684. The van der Waals surface area contributed by atoms with E-state index in [1.807, 2.05) is 12.1 Å². The second-order valence-corrected chi connectivity index (χ2v) is 6.51. The number of hydrogen-bond acceptors (Lipinski definition) is 2. The first kappa shape index (κ1) is 18.7. The summed E-state index contributed by atoms with van der Waals surface area (Å²) in [5, 5.41) is 3.13. The van der Waals surface area contributed by atoms with Gasteiger partial charge < -0.3 is 5.32 Å². The van der Waals surface area contributed by atoms with Crippen molar-refractivity contribution in [2.45, 2.75) is 78.7 Å². The van der Waals surface area contributed by atoms with Gasteiger partial charge in [0.25, 0.3) is 0 Å². The minimum Gasteiger partial charge on any atom is -0.352 e. The largest absolute Gasteiger partial charge is 0.352 e. The summed E-state index contributed by atoms with van der Waals surface area (Å²) in [6.45, 7) is 7.15. The summed E-state index contributed by atoms with van der Waals surface area (Å²) in [4.78, 5) is 16.7. The minimum absolute atomic E-state index is 0.205. The van der Waals surface area contributed by atoms with Crippen LogP contribution in [0.15, 0.2) is 24.5 Å². The monoisotopic (exact) mass is 304 g/mol. The molecule has 1 N–H and O–H groups in total. The number of carbonyl (C=O) groups is 1. The third-order valence-electron chi connectivity index (χ3n) is 4.41. The zero-order valence-corrected chi connectivity index (χ0v) is 14.5. The molecule has 1 rings (SSSR count). The molecule has 22 heavy (non-hydrogen) atoms. The van der Waals surface area contributed by atoms with Crippen molar-refractivity contribution in [3.63, 3.8) is 0 Å². The third-order valence-corrected chi connectivity index (χ3v) is 4.41. The van der Waals surface area contributed by atoms with Gasteiger partial charge >= 0.3 is 0 Å². The highest BCUT2D eigenvalue weighted by molar-refractivity contribution is 5.82. The quantitative estimate of drug-likeness (QED) is 0.593. The van der Waals surface area contributed by atoms with E-state index in [0.29, 0.717) is 6.54 Å². The number of aromatic nitrogens is 1. The number of rotatable bonds is 11. The van der Waals surface area contributed by atoms with Gasteiger partial charge in [-0.2, -0.15) is 0 Å². The number of hydrogen-bond donors (Lipinski definition) is 1. The minimum atomic E-state index is -0.225. The van der Waals surface area contributed by atoms with Crippen LogP contribution in [0.5, 0.6) is 0 Å². The maximum Gasteiger partial charge on any atom is 0.226 e. The van der Waals surface area contributed by atoms with Crippen molar-refractivity contribution in [1.29, 1.82) is 0 Å². The van der Waals surface area contributed by atoms with E-state index in [1.54, 1.807) is 12.4 Å². The molecule has 0 aliphatic carbocycles. The van der Waals surface area contributed by atoms with Crippen molar-refractivity contribution >= 4 is 5.91 Å². The first-order chi connectivity index (χ1) is 10.6. The van der Waals surface area contributed by atoms with E-state index in [-0.39, 0.29) is 11.3 Å². The van der Waals surface area contributed by atoms with Crippen LogP contribution < -0.4 is 5.32 Å². The molecule has 0 aromatic carbocycles. The van der Waals surface area contributed by atoms with Gasteiger partial charge in [0.15, 0.2) is 0 Å². The Morgan fingerprint density at radius 3 is 2.09 bits per heavy atom. The van der Waals surface area contributed by atoms with Gasteiger partial charge in [-0.15, -0.1) is 0 Å². The number of carbonyl (C=O) groups excluding carboxylic acids is 1. The average Bonchev–Trinajstić information content (AvgIpc) is 2.54. The highest BCUT2D eigenvalue weighted by Gasteiger charge is 2.31. The average molecular weight is 304 g/mol. The Balaban J connectivity index is 2.56. The van der Waals surface area contributed by atoms with E-state index in [9.17, 15) is 4.79 Å². The topological polar surface area (TPSA) is 42.0 Å².